The van der Waals surface area contributed by atoms with E-state index >= 15 is 0 Å². The summed E-state index contributed by atoms with van der Waals surface area (Å²) in [5.74, 6) is 0.962. The molecule has 0 radical (unpaired) electrons. The van der Waals surface area contributed by atoms with Gasteiger partial charge in [-0.25, -0.2) is 0 Å². The van der Waals surface area contributed by atoms with Gasteiger partial charge in [-0.05, 0) is 24.6 Å². The molecular weight excluding hydrogens is 256 g/mol. The number of thioether (sulfide) groups is 1. The summed E-state index contributed by atoms with van der Waals surface area (Å²) < 4.78 is 0. The third-order valence-electron chi connectivity index (χ3n) is 2.35. The van der Waals surface area contributed by atoms with Crippen LogP contribution in [0.4, 0.5) is 5.69 Å². The Morgan fingerprint density at radius 3 is 2.94 bits per heavy atom. The lowest BCUT2D eigenvalue weighted by Crippen LogP contribution is -2.34. The van der Waals surface area contributed by atoms with E-state index in [-0.39, 0.29) is 5.91 Å². The average Bonchev–Trinajstić information content (AvgIpc) is 2.30. The molecule has 0 atom stereocenters. The zero-order valence-electron chi connectivity index (χ0n) is 9.52. The Bertz CT molecular complexity index is 462. The highest BCUT2D eigenvalue weighted by molar-refractivity contribution is 8.14. The van der Waals surface area contributed by atoms with Gasteiger partial charge in [-0.15, -0.1) is 0 Å². The topological polar surface area (TPSA) is 32.7 Å². The van der Waals surface area contributed by atoms with E-state index in [1.54, 1.807) is 35.7 Å². The van der Waals surface area contributed by atoms with Crippen molar-refractivity contribution in [2.45, 2.75) is 13.3 Å². The number of rotatable bonds is 1. The maximum Gasteiger partial charge on any atom is 0.230 e. The summed E-state index contributed by atoms with van der Waals surface area (Å²) >= 11 is 7.56. The van der Waals surface area contributed by atoms with Crippen LogP contribution in [0.25, 0.3) is 0 Å². The van der Waals surface area contributed by atoms with E-state index in [9.17, 15) is 4.79 Å². The lowest BCUT2D eigenvalue weighted by atomic mass is 10.3. The average molecular weight is 269 g/mol. The third-order valence-corrected chi connectivity index (χ3v) is 3.65. The zero-order valence-corrected chi connectivity index (χ0v) is 11.1. The molecule has 1 aromatic rings. The van der Waals surface area contributed by atoms with Crippen LogP contribution < -0.4 is 4.90 Å². The van der Waals surface area contributed by atoms with E-state index in [0.717, 1.165) is 29.6 Å². The first-order chi connectivity index (χ1) is 8.18. The summed E-state index contributed by atoms with van der Waals surface area (Å²) in [5, 5.41) is 1.39. The number of carbonyl (C=O) groups excluding carboxylic acids is 1. The largest absolute Gasteiger partial charge is 0.274 e. The van der Waals surface area contributed by atoms with E-state index in [1.807, 2.05) is 12.1 Å². The van der Waals surface area contributed by atoms with Crippen LogP contribution in [-0.2, 0) is 4.79 Å². The van der Waals surface area contributed by atoms with Gasteiger partial charge in [0.15, 0.2) is 5.17 Å². The predicted octanol–water partition coefficient (Wildman–Crippen LogP) is 3.19. The van der Waals surface area contributed by atoms with Gasteiger partial charge in [0.25, 0.3) is 0 Å². The standard InChI is InChI=1S/C12H13ClN2OS/c1-9(16)15(12-14-6-3-7-17-12)11-5-2-4-10(13)8-11/h2,4-5,8H,3,6-7H2,1H3. The van der Waals surface area contributed by atoms with Gasteiger partial charge in [0, 0.05) is 24.2 Å². The van der Waals surface area contributed by atoms with Gasteiger partial charge in [-0.3, -0.25) is 14.7 Å². The quantitative estimate of drug-likeness (QED) is 0.784. The number of carbonyl (C=O) groups is 1. The molecule has 0 bridgehead atoms. The van der Waals surface area contributed by atoms with Crippen LogP contribution in [0.2, 0.25) is 5.02 Å². The number of benzene rings is 1. The highest BCUT2D eigenvalue weighted by Crippen LogP contribution is 2.25. The van der Waals surface area contributed by atoms with E-state index in [2.05, 4.69) is 4.99 Å². The molecule has 90 valence electrons. The molecule has 0 saturated heterocycles. The molecule has 0 unspecified atom stereocenters. The van der Waals surface area contributed by atoms with E-state index in [1.165, 1.54) is 0 Å². The Hall–Kier alpha value is -1.00. The summed E-state index contributed by atoms with van der Waals surface area (Å²) in [4.78, 5) is 17.8. The van der Waals surface area contributed by atoms with Gasteiger partial charge in [-0.1, -0.05) is 29.4 Å². The van der Waals surface area contributed by atoms with Crippen molar-refractivity contribution < 1.29 is 4.79 Å². The Morgan fingerprint density at radius 1 is 1.53 bits per heavy atom. The number of aliphatic imine (C=N–C) groups is 1. The first-order valence-corrected chi connectivity index (χ1v) is 6.78. The van der Waals surface area contributed by atoms with E-state index < -0.39 is 0 Å². The summed E-state index contributed by atoms with van der Waals surface area (Å²) in [6, 6.07) is 7.27. The Morgan fingerprint density at radius 2 is 2.35 bits per heavy atom. The van der Waals surface area contributed by atoms with Gasteiger partial charge in [-0.2, -0.15) is 0 Å². The van der Waals surface area contributed by atoms with Crippen molar-refractivity contribution in [1.29, 1.82) is 0 Å². The van der Waals surface area contributed by atoms with Crippen molar-refractivity contribution in [1.82, 2.24) is 0 Å². The zero-order chi connectivity index (χ0) is 12.3. The molecule has 1 heterocycles. The Kier molecular flexibility index (Phi) is 4.07. The molecule has 17 heavy (non-hydrogen) atoms. The molecular formula is C12H13ClN2OS. The molecule has 0 aromatic heterocycles. The van der Waals surface area contributed by atoms with Gasteiger partial charge < -0.3 is 0 Å². The number of amides is 1. The first kappa shape index (κ1) is 12.5. The van der Waals surface area contributed by atoms with Crippen molar-refractivity contribution in [3.05, 3.63) is 29.3 Å². The summed E-state index contributed by atoms with van der Waals surface area (Å²) in [6.07, 6.45) is 1.06. The third kappa shape index (κ3) is 3.01. The number of nitrogens with zero attached hydrogens (tertiary/aromatic N) is 2. The summed E-state index contributed by atoms with van der Waals surface area (Å²) in [5.41, 5.74) is 0.776. The summed E-state index contributed by atoms with van der Waals surface area (Å²) in [7, 11) is 0. The van der Waals surface area contributed by atoms with Crippen LogP contribution in [0.3, 0.4) is 0 Å². The van der Waals surface area contributed by atoms with Crippen LogP contribution >= 0.6 is 23.4 Å². The second-order valence-electron chi connectivity index (χ2n) is 3.70. The Labute approximate surface area is 110 Å². The smallest absolute Gasteiger partial charge is 0.230 e. The molecule has 0 N–H and O–H groups in total. The highest BCUT2D eigenvalue weighted by Gasteiger charge is 2.20. The first-order valence-electron chi connectivity index (χ1n) is 5.42. The summed E-state index contributed by atoms with van der Waals surface area (Å²) in [6.45, 7) is 2.32. The second-order valence-corrected chi connectivity index (χ2v) is 5.20. The monoisotopic (exact) mass is 268 g/mol. The minimum atomic E-state index is -0.0413. The molecule has 1 aromatic carbocycles. The molecule has 1 aliphatic heterocycles. The highest BCUT2D eigenvalue weighted by atomic mass is 35.5. The normalized spacial score (nSPS) is 15.3. The van der Waals surface area contributed by atoms with Crippen LogP contribution in [0, 0.1) is 0 Å². The predicted molar refractivity (Wildman–Crippen MR) is 74.0 cm³/mol. The fraction of sp³-hybridized carbons (Fsp3) is 0.333. The van der Waals surface area contributed by atoms with E-state index in [4.69, 9.17) is 11.6 Å². The molecule has 0 spiro atoms. The minimum absolute atomic E-state index is 0.0413. The molecule has 3 nitrogen and oxygen atoms in total. The lowest BCUT2D eigenvalue weighted by molar-refractivity contribution is -0.115. The maximum atomic E-state index is 11.7. The van der Waals surface area contributed by atoms with E-state index in [0.29, 0.717) is 5.02 Å². The molecule has 1 amide bonds. The van der Waals surface area contributed by atoms with Crippen LogP contribution in [0.1, 0.15) is 13.3 Å². The Balaban J connectivity index is 2.35. The number of amidine groups is 1. The minimum Gasteiger partial charge on any atom is -0.274 e. The lowest BCUT2D eigenvalue weighted by Gasteiger charge is -2.24. The molecule has 0 fully saturated rings. The molecule has 0 aliphatic carbocycles. The van der Waals surface area contributed by atoms with Gasteiger partial charge in [0.05, 0.1) is 5.69 Å². The van der Waals surface area contributed by atoms with Gasteiger partial charge >= 0.3 is 0 Å². The molecule has 2 rings (SSSR count). The molecule has 1 aliphatic rings. The SMILES string of the molecule is CC(=O)N(C1=NCCCS1)c1cccc(Cl)c1. The second kappa shape index (κ2) is 5.56. The molecule has 5 heteroatoms. The number of anilines is 1. The molecule has 0 saturated carbocycles. The van der Waals surface area contributed by atoms with Crippen LogP contribution in [0.5, 0.6) is 0 Å². The van der Waals surface area contributed by atoms with Crippen LogP contribution in [0.15, 0.2) is 29.3 Å². The van der Waals surface area contributed by atoms with Crippen molar-refractivity contribution in [2.75, 3.05) is 17.2 Å². The number of hydrogen-bond donors (Lipinski definition) is 0. The van der Waals surface area contributed by atoms with Crippen molar-refractivity contribution in [3.8, 4) is 0 Å². The fourth-order valence-electron chi connectivity index (χ4n) is 1.63. The number of hydrogen-bond acceptors (Lipinski definition) is 3. The van der Waals surface area contributed by atoms with Gasteiger partial charge in [0.2, 0.25) is 5.91 Å². The van der Waals surface area contributed by atoms with Crippen molar-refractivity contribution >= 4 is 40.1 Å². The maximum absolute atomic E-state index is 11.7. The number of halogens is 1. The fourth-order valence-corrected chi connectivity index (χ4v) is 2.81. The van der Waals surface area contributed by atoms with Crippen LogP contribution in [-0.4, -0.2) is 23.4 Å². The van der Waals surface area contributed by atoms with Crippen molar-refractivity contribution in [3.63, 3.8) is 0 Å². The van der Waals surface area contributed by atoms with Gasteiger partial charge in [0.1, 0.15) is 0 Å². The van der Waals surface area contributed by atoms with Crippen molar-refractivity contribution in [2.24, 2.45) is 4.99 Å².